The van der Waals surface area contributed by atoms with Crippen LogP contribution in [0.15, 0.2) is 64.5 Å². The third-order valence-corrected chi connectivity index (χ3v) is 5.92. The van der Waals surface area contributed by atoms with Crippen LogP contribution in [0.4, 0.5) is 9.52 Å². The molecular formula is C24H19FN4O2S. The Morgan fingerprint density at radius 2 is 2.00 bits per heavy atom. The summed E-state index contributed by atoms with van der Waals surface area (Å²) in [5, 5.41) is 6.41. The molecule has 0 spiro atoms. The van der Waals surface area contributed by atoms with Crippen molar-refractivity contribution in [3.63, 3.8) is 0 Å². The zero-order valence-electron chi connectivity index (χ0n) is 17.2. The third kappa shape index (κ3) is 3.92. The van der Waals surface area contributed by atoms with Crippen molar-refractivity contribution in [2.24, 2.45) is 0 Å². The van der Waals surface area contributed by atoms with Crippen LogP contribution in [0, 0.1) is 12.7 Å². The van der Waals surface area contributed by atoms with Crippen molar-refractivity contribution in [1.82, 2.24) is 15.0 Å². The molecule has 0 aliphatic rings. The van der Waals surface area contributed by atoms with Gasteiger partial charge in [-0.2, -0.15) is 0 Å². The van der Waals surface area contributed by atoms with Crippen molar-refractivity contribution in [3.8, 4) is 22.6 Å². The molecular weight excluding hydrogens is 427 g/mol. The molecule has 5 aromatic rings. The number of nitrogens with one attached hydrogen (secondary N) is 2. The normalized spacial score (nSPS) is 11.2. The quantitative estimate of drug-likeness (QED) is 0.337. The van der Waals surface area contributed by atoms with E-state index in [4.69, 9.17) is 4.42 Å². The molecule has 0 aliphatic carbocycles. The van der Waals surface area contributed by atoms with Crippen molar-refractivity contribution in [2.45, 2.75) is 19.8 Å². The van der Waals surface area contributed by atoms with E-state index in [1.165, 1.54) is 23.6 Å². The number of aromatic nitrogens is 3. The number of para-hydroxylation sites is 1. The molecule has 3 heterocycles. The van der Waals surface area contributed by atoms with E-state index in [1.54, 1.807) is 18.2 Å². The van der Waals surface area contributed by atoms with Crippen LogP contribution in [0.3, 0.4) is 0 Å². The Labute approximate surface area is 187 Å². The Kier molecular flexibility index (Phi) is 5.28. The Balaban J connectivity index is 1.24. The van der Waals surface area contributed by atoms with Crippen molar-refractivity contribution >= 4 is 33.3 Å². The fraction of sp³-hybridized carbons (Fsp3) is 0.125. The van der Waals surface area contributed by atoms with Crippen molar-refractivity contribution in [2.75, 3.05) is 5.32 Å². The summed E-state index contributed by atoms with van der Waals surface area (Å²) in [6.07, 6.45) is 1.96. The van der Waals surface area contributed by atoms with Gasteiger partial charge in [0.05, 0.1) is 17.5 Å². The van der Waals surface area contributed by atoms with Gasteiger partial charge in [0, 0.05) is 40.4 Å². The van der Waals surface area contributed by atoms with E-state index in [-0.39, 0.29) is 18.1 Å². The summed E-state index contributed by atoms with van der Waals surface area (Å²) in [5.41, 5.74) is 4.29. The number of aromatic amines is 1. The second kappa shape index (κ2) is 8.39. The maximum absolute atomic E-state index is 13.9. The number of rotatable bonds is 6. The number of oxazole rings is 1. The zero-order valence-corrected chi connectivity index (χ0v) is 18.0. The minimum absolute atomic E-state index is 0.179. The van der Waals surface area contributed by atoms with E-state index in [0.717, 1.165) is 27.9 Å². The fourth-order valence-electron chi connectivity index (χ4n) is 3.67. The highest BCUT2D eigenvalue weighted by Crippen LogP contribution is 2.34. The average Bonchev–Trinajstić information content (AvgIpc) is 3.50. The van der Waals surface area contributed by atoms with E-state index in [1.807, 2.05) is 30.5 Å². The van der Waals surface area contributed by atoms with Crippen LogP contribution in [0.5, 0.6) is 0 Å². The van der Waals surface area contributed by atoms with Crippen LogP contribution in [0.25, 0.3) is 33.5 Å². The molecule has 0 bridgehead atoms. The first-order valence-corrected chi connectivity index (χ1v) is 11.0. The van der Waals surface area contributed by atoms with E-state index in [0.29, 0.717) is 28.8 Å². The van der Waals surface area contributed by atoms with Gasteiger partial charge in [-0.15, -0.1) is 11.3 Å². The molecule has 2 N–H and O–H groups in total. The Morgan fingerprint density at radius 3 is 2.88 bits per heavy atom. The maximum atomic E-state index is 13.9. The second-order valence-corrected chi connectivity index (χ2v) is 8.21. The summed E-state index contributed by atoms with van der Waals surface area (Å²) in [4.78, 5) is 24.5. The van der Waals surface area contributed by atoms with E-state index in [9.17, 15) is 9.18 Å². The molecule has 160 valence electrons. The van der Waals surface area contributed by atoms with E-state index in [2.05, 4.69) is 26.3 Å². The lowest BCUT2D eigenvalue weighted by Gasteiger charge is -2.01. The topological polar surface area (TPSA) is 83.8 Å². The number of carbonyl (C=O) groups excluding carboxylic acids is 1. The molecule has 6 nitrogen and oxygen atoms in total. The van der Waals surface area contributed by atoms with Gasteiger partial charge in [-0.3, -0.25) is 4.79 Å². The maximum Gasteiger partial charge on any atom is 0.226 e. The Bertz CT molecular complexity index is 1420. The van der Waals surface area contributed by atoms with Gasteiger partial charge < -0.3 is 14.7 Å². The number of nitrogens with zero attached hydrogens (tertiary/aromatic N) is 2. The predicted molar refractivity (Wildman–Crippen MR) is 123 cm³/mol. The largest absolute Gasteiger partial charge is 0.441 e. The number of aryl methyl sites for hydroxylation is 2. The Morgan fingerprint density at radius 1 is 1.19 bits per heavy atom. The number of benzene rings is 2. The van der Waals surface area contributed by atoms with Gasteiger partial charge in [0.15, 0.2) is 16.8 Å². The standard InChI is InChI=1S/C24H19FN4O2S/c1-14-23(16-7-3-5-9-18(16)27-14)19-13-32-24(28-19)29-21(30)10-11-22-26-12-20(31-22)15-6-2-4-8-17(15)25/h2-9,12-13,27H,10-11H2,1H3,(H,28,29,30). The molecule has 2 aromatic carbocycles. The molecule has 0 radical (unpaired) electrons. The number of hydrogen-bond acceptors (Lipinski definition) is 5. The van der Waals surface area contributed by atoms with Crippen LogP contribution in [-0.2, 0) is 11.2 Å². The molecule has 0 saturated carbocycles. The molecule has 0 aliphatic heterocycles. The highest BCUT2D eigenvalue weighted by molar-refractivity contribution is 7.14. The lowest BCUT2D eigenvalue weighted by Crippen LogP contribution is -2.12. The summed E-state index contributed by atoms with van der Waals surface area (Å²) in [5.74, 6) is 0.162. The number of thiazole rings is 1. The summed E-state index contributed by atoms with van der Waals surface area (Å²) < 4.78 is 19.5. The summed E-state index contributed by atoms with van der Waals surface area (Å²) >= 11 is 1.38. The molecule has 0 unspecified atom stereocenters. The van der Waals surface area contributed by atoms with Crippen molar-refractivity contribution in [3.05, 3.63) is 77.5 Å². The van der Waals surface area contributed by atoms with Crippen molar-refractivity contribution < 1.29 is 13.6 Å². The summed E-state index contributed by atoms with van der Waals surface area (Å²) in [6.45, 7) is 2.01. The van der Waals surface area contributed by atoms with Gasteiger partial charge in [0.2, 0.25) is 5.91 Å². The SMILES string of the molecule is Cc1[nH]c2ccccc2c1-c1csc(NC(=O)CCc2ncc(-c3ccccc3F)o2)n1. The molecule has 3 aromatic heterocycles. The minimum atomic E-state index is -0.377. The number of fused-ring (bicyclic) bond motifs is 1. The average molecular weight is 447 g/mol. The number of halogens is 1. The first-order valence-electron chi connectivity index (χ1n) is 10.1. The predicted octanol–water partition coefficient (Wildman–Crippen LogP) is 5.97. The van der Waals surface area contributed by atoms with Gasteiger partial charge in [-0.25, -0.2) is 14.4 Å². The highest BCUT2D eigenvalue weighted by atomic mass is 32.1. The molecule has 1 amide bonds. The van der Waals surface area contributed by atoms with Gasteiger partial charge in [0.1, 0.15) is 5.82 Å². The van der Waals surface area contributed by atoms with Crippen LogP contribution in [-0.4, -0.2) is 20.9 Å². The first kappa shape index (κ1) is 20.1. The van der Waals surface area contributed by atoms with Crippen LogP contribution in [0.2, 0.25) is 0 Å². The van der Waals surface area contributed by atoms with Crippen LogP contribution < -0.4 is 5.32 Å². The van der Waals surface area contributed by atoms with Gasteiger partial charge in [-0.1, -0.05) is 30.3 Å². The number of anilines is 1. The molecule has 8 heteroatoms. The molecule has 0 atom stereocenters. The van der Waals surface area contributed by atoms with Gasteiger partial charge in [-0.05, 0) is 25.1 Å². The molecule has 0 saturated heterocycles. The summed E-state index contributed by atoms with van der Waals surface area (Å²) in [6, 6.07) is 14.4. The highest BCUT2D eigenvalue weighted by Gasteiger charge is 2.15. The molecule has 5 rings (SSSR count). The number of hydrogen-bond donors (Lipinski definition) is 2. The van der Waals surface area contributed by atoms with Crippen LogP contribution >= 0.6 is 11.3 Å². The smallest absolute Gasteiger partial charge is 0.226 e. The van der Waals surface area contributed by atoms with E-state index < -0.39 is 0 Å². The number of H-pyrrole nitrogens is 1. The minimum Gasteiger partial charge on any atom is -0.441 e. The lowest BCUT2D eigenvalue weighted by atomic mass is 10.1. The molecule has 0 fully saturated rings. The van der Waals surface area contributed by atoms with Gasteiger partial charge in [0.25, 0.3) is 0 Å². The molecule has 32 heavy (non-hydrogen) atoms. The van der Waals surface area contributed by atoms with E-state index >= 15 is 0 Å². The second-order valence-electron chi connectivity index (χ2n) is 7.35. The third-order valence-electron chi connectivity index (χ3n) is 5.16. The first-order chi connectivity index (χ1) is 15.6. The Hall–Kier alpha value is -3.78. The monoisotopic (exact) mass is 446 g/mol. The zero-order chi connectivity index (χ0) is 22.1. The van der Waals surface area contributed by atoms with Gasteiger partial charge >= 0.3 is 0 Å². The number of carbonyl (C=O) groups is 1. The fourth-order valence-corrected chi connectivity index (χ4v) is 4.38. The number of amides is 1. The van der Waals surface area contributed by atoms with Crippen molar-refractivity contribution in [1.29, 1.82) is 0 Å². The van der Waals surface area contributed by atoms with Crippen LogP contribution in [0.1, 0.15) is 18.0 Å². The lowest BCUT2D eigenvalue weighted by molar-refractivity contribution is -0.116. The summed E-state index contributed by atoms with van der Waals surface area (Å²) in [7, 11) is 0.